The number of fused-ring (bicyclic) bond motifs is 1. The zero-order valence-electron chi connectivity index (χ0n) is 14.1. The van der Waals surface area contributed by atoms with Crippen LogP contribution >= 0.6 is 23.1 Å². The van der Waals surface area contributed by atoms with Gasteiger partial charge >= 0.3 is 0 Å². The van der Waals surface area contributed by atoms with Crippen molar-refractivity contribution in [3.8, 4) is 0 Å². The number of rotatable bonds is 5. The number of carbonyl (C=O) groups is 1. The first-order chi connectivity index (χ1) is 11.5. The summed E-state index contributed by atoms with van der Waals surface area (Å²) in [6.45, 7) is 6.24. The highest BCUT2D eigenvalue weighted by molar-refractivity contribution is 7.99. The summed E-state index contributed by atoms with van der Waals surface area (Å²) in [6.07, 6.45) is 0.479. The molecule has 2 aromatic carbocycles. The van der Waals surface area contributed by atoms with Crippen LogP contribution < -0.4 is 5.32 Å². The maximum absolute atomic E-state index is 12.1. The van der Waals surface area contributed by atoms with E-state index in [2.05, 4.69) is 67.5 Å². The average molecular weight is 357 g/mol. The van der Waals surface area contributed by atoms with Gasteiger partial charge in [-0.25, -0.2) is 4.98 Å². The number of hydrogen-bond donors (Lipinski definition) is 1. The molecule has 0 spiro atoms. The van der Waals surface area contributed by atoms with Crippen molar-refractivity contribution in [1.29, 1.82) is 0 Å². The maximum atomic E-state index is 12.1. The van der Waals surface area contributed by atoms with E-state index in [1.54, 1.807) is 11.8 Å². The summed E-state index contributed by atoms with van der Waals surface area (Å²) in [5.74, 6) is 0.778. The Bertz CT molecular complexity index is 830. The fourth-order valence-electron chi connectivity index (χ4n) is 2.31. The third kappa shape index (κ3) is 4.16. The topological polar surface area (TPSA) is 42.0 Å². The van der Waals surface area contributed by atoms with E-state index >= 15 is 0 Å². The predicted octanol–water partition coefficient (Wildman–Crippen LogP) is 5.34. The number of nitrogens with zero attached hydrogens (tertiary/aromatic N) is 1. The second-order valence-electron chi connectivity index (χ2n) is 5.88. The van der Waals surface area contributed by atoms with Crippen molar-refractivity contribution in [2.75, 3.05) is 11.1 Å². The number of aromatic nitrogens is 1. The summed E-state index contributed by atoms with van der Waals surface area (Å²) < 4.78 is 1.11. The molecular formula is C19H20N2OS2. The number of aryl methyl sites for hydroxylation is 3. The van der Waals surface area contributed by atoms with Crippen molar-refractivity contribution in [1.82, 2.24) is 4.98 Å². The van der Waals surface area contributed by atoms with Crippen LogP contribution in [0.4, 0.5) is 5.13 Å². The molecule has 0 saturated heterocycles. The van der Waals surface area contributed by atoms with E-state index in [9.17, 15) is 4.79 Å². The fraction of sp³-hybridized carbons (Fsp3) is 0.263. The van der Waals surface area contributed by atoms with Gasteiger partial charge in [0.05, 0.1) is 10.2 Å². The van der Waals surface area contributed by atoms with Gasteiger partial charge in [0, 0.05) is 17.1 Å². The monoisotopic (exact) mass is 356 g/mol. The normalized spacial score (nSPS) is 11.0. The van der Waals surface area contributed by atoms with Gasteiger partial charge in [-0.15, -0.1) is 11.8 Å². The molecule has 1 aromatic heterocycles. The van der Waals surface area contributed by atoms with Gasteiger partial charge in [0.15, 0.2) is 5.13 Å². The summed E-state index contributed by atoms with van der Waals surface area (Å²) in [5, 5.41) is 3.60. The largest absolute Gasteiger partial charge is 0.302 e. The Kier molecular flexibility index (Phi) is 5.21. The Morgan fingerprint density at radius 1 is 1.12 bits per heavy atom. The van der Waals surface area contributed by atoms with Gasteiger partial charge in [0.25, 0.3) is 0 Å². The molecule has 3 aromatic rings. The Labute approximate surface area is 150 Å². The summed E-state index contributed by atoms with van der Waals surface area (Å²) in [7, 11) is 0. The third-order valence-electron chi connectivity index (χ3n) is 3.87. The molecule has 124 valence electrons. The molecular weight excluding hydrogens is 336 g/mol. The molecule has 1 N–H and O–H groups in total. The zero-order valence-corrected chi connectivity index (χ0v) is 15.7. The second-order valence-corrected chi connectivity index (χ2v) is 8.08. The van der Waals surface area contributed by atoms with Crippen molar-refractivity contribution in [3.63, 3.8) is 0 Å². The number of nitrogens with one attached hydrogen (secondary N) is 1. The lowest BCUT2D eigenvalue weighted by atomic mass is 10.1. The SMILES string of the molecule is Cc1ccc(SCCC(=O)Nc2nc3cc(C)c(C)cc3s2)cc1. The lowest BCUT2D eigenvalue weighted by Crippen LogP contribution is -2.11. The number of carbonyl (C=O) groups excluding carboxylic acids is 1. The molecule has 24 heavy (non-hydrogen) atoms. The first-order valence-electron chi connectivity index (χ1n) is 7.88. The number of thioether (sulfide) groups is 1. The molecule has 0 aliphatic heterocycles. The minimum Gasteiger partial charge on any atom is -0.302 e. The average Bonchev–Trinajstić information content (AvgIpc) is 2.90. The van der Waals surface area contributed by atoms with Crippen LogP contribution in [0.2, 0.25) is 0 Å². The minimum atomic E-state index is 0.0158. The van der Waals surface area contributed by atoms with Crippen molar-refractivity contribution in [2.45, 2.75) is 32.1 Å². The summed E-state index contributed by atoms with van der Waals surface area (Å²) >= 11 is 3.23. The molecule has 0 aliphatic carbocycles. The van der Waals surface area contributed by atoms with Crippen LogP contribution in [0.3, 0.4) is 0 Å². The smallest absolute Gasteiger partial charge is 0.226 e. The molecule has 0 unspecified atom stereocenters. The number of anilines is 1. The summed E-state index contributed by atoms with van der Waals surface area (Å²) in [6, 6.07) is 12.6. The molecule has 1 amide bonds. The van der Waals surface area contributed by atoms with Crippen molar-refractivity contribution < 1.29 is 4.79 Å². The fourth-order valence-corrected chi connectivity index (χ4v) is 4.12. The number of benzene rings is 2. The van der Waals surface area contributed by atoms with E-state index < -0.39 is 0 Å². The standard InChI is InChI=1S/C19H20N2OS2/c1-12-4-6-15(7-5-12)23-9-8-18(22)21-19-20-16-10-13(2)14(3)11-17(16)24-19/h4-7,10-11H,8-9H2,1-3H3,(H,20,21,22). The molecule has 5 heteroatoms. The van der Waals surface area contributed by atoms with Crippen LogP contribution in [0.5, 0.6) is 0 Å². The molecule has 3 nitrogen and oxygen atoms in total. The molecule has 1 heterocycles. The molecule has 0 radical (unpaired) electrons. The van der Waals surface area contributed by atoms with E-state index in [0.29, 0.717) is 11.6 Å². The maximum Gasteiger partial charge on any atom is 0.226 e. The summed E-state index contributed by atoms with van der Waals surface area (Å²) in [4.78, 5) is 17.8. The summed E-state index contributed by atoms with van der Waals surface area (Å²) in [5.41, 5.74) is 4.67. The van der Waals surface area contributed by atoms with Gasteiger partial charge in [-0.05, 0) is 56.2 Å². The van der Waals surface area contributed by atoms with Gasteiger partial charge in [-0.3, -0.25) is 4.79 Å². The van der Waals surface area contributed by atoms with E-state index in [0.717, 1.165) is 16.0 Å². The highest BCUT2D eigenvalue weighted by Crippen LogP contribution is 2.28. The second kappa shape index (κ2) is 7.36. The van der Waals surface area contributed by atoms with Gasteiger partial charge in [-0.1, -0.05) is 29.0 Å². The van der Waals surface area contributed by atoms with E-state index in [1.165, 1.54) is 32.9 Å². The van der Waals surface area contributed by atoms with Crippen LogP contribution in [0.25, 0.3) is 10.2 Å². The molecule has 0 saturated carbocycles. The molecule has 0 atom stereocenters. The van der Waals surface area contributed by atoms with Crippen LogP contribution in [-0.2, 0) is 4.79 Å². The van der Waals surface area contributed by atoms with Crippen LogP contribution in [-0.4, -0.2) is 16.6 Å². The lowest BCUT2D eigenvalue weighted by Gasteiger charge is -2.02. The van der Waals surface area contributed by atoms with E-state index in [-0.39, 0.29) is 5.91 Å². The Morgan fingerprint density at radius 3 is 2.58 bits per heavy atom. The highest BCUT2D eigenvalue weighted by Gasteiger charge is 2.09. The zero-order chi connectivity index (χ0) is 17.1. The quantitative estimate of drug-likeness (QED) is 0.627. The molecule has 0 fully saturated rings. The number of amides is 1. The van der Waals surface area contributed by atoms with Gasteiger partial charge in [-0.2, -0.15) is 0 Å². The van der Waals surface area contributed by atoms with Gasteiger partial charge in [0.1, 0.15) is 0 Å². The first-order valence-corrected chi connectivity index (χ1v) is 9.68. The minimum absolute atomic E-state index is 0.0158. The van der Waals surface area contributed by atoms with E-state index in [4.69, 9.17) is 0 Å². The third-order valence-corrected chi connectivity index (χ3v) is 5.82. The Hall–Kier alpha value is -1.85. The van der Waals surface area contributed by atoms with E-state index in [1.807, 2.05) is 0 Å². The number of thiazole rings is 1. The van der Waals surface area contributed by atoms with Gasteiger partial charge < -0.3 is 5.32 Å². The highest BCUT2D eigenvalue weighted by atomic mass is 32.2. The predicted molar refractivity (Wildman–Crippen MR) is 104 cm³/mol. The van der Waals surface area contributed by atoms with Crippen LogP contribution in [0, 0.1) is 20.8 Å². The van der Waals surface area contributed by atoms with Crippen molar-refractivity contribution >= 4 is 44.4 Å². The Morgan fingerprint density at radius 2 is 1.83 bits per heavy atom. The van der Waals surface area contributed by atoms with Gasteiger partial charge in [0.2, 0.25) is 5.91 Å². The number of hydrogen-bond acceptors (Lipinski definition) is 4. The van der Waals surface area contributed by atoms with Crippen LogP contribution in [0.15, 0.2) is 41.3 Å². The van der Waals surface area contributed by atoms with Crippen LogP contribution in [0.1, 0.15) is 23.1 Å². The Balaban J connectivity index is 1.55. The molecule has 0 bridgehead atoms. The first kappa shape index (κ1) is 17.0. The van der Waals surface area contributed by atoms with Crippen molar-refractivity contribution in [3.05, 3.63) is 53.1 Å². The lowest BCUT2D eigenvalue weighted by molar-refractivity contribution is -0.115. The van der Waals surface area contributed by atoms with Crippen molar-refractivity contribution in [2.24, 2.45) is 0 Å². The molecule has 0 aliphatic rings. The molecule has 3 rings (SSSR count).